The molecule has 0 bridgehead atoms. The van der Waals surface area contributed by atoms with Crippen molar-refractivity contribution in [2.45, 2.75) is 52.6 Å². The monoisotopic (exact) mass is 341 g/mol. The highest BCUT2D eigenvalue weighted by molar-refractivity contribution is 5.77. The van der Waals surface area contributed by atoms with Gasteiger partial charge in [0, 0.05) is 45.8 Å². The minimum Gasteiger partial charge on any atom is -0.444 e. The highest BCUT2D eigenvalue weighted by atomic mass is 16.6. The van der Waals surface area contributed by atoms with Gasteiger partial charge in [-0.15, -0.1) is 0 Å². The maximum atomic E-state index is 12.0. The van der Waals surface area contributed by atoms with Crippen molar-refractivity contribution < 1.29 is 9.53 Å². The van der Waals surface area contributed by atoms with Gasteiger partial charge in [-0.3, -0.25) is 9.89 Å². The van der Waals surface area contributed by atoms with Crippen LogP contribution in [0.3, 0.4) is 0 Å². The lowest BCUT2D eigenvalue weighted by atomic mass is 10.2. The normalized spacial score (nSPS) is 17.0. The number of aliphatic imine (C=N–C) groups is 1. The van der Waals surface area contributed by atoms with E-state index in [0.29, 0.717) is 5.96 Å². The van der Waals surface area contributed by atoms with Gasteiger partial charge >= 0.3 is 6.09 Å². The second kappa shape index (κ2) is 10.4. The lowest BCUT2D eigenvalue weighted by molar-refractivity contribution is 0.0145. The number of ether oxygens (including phenoxy) is 1. The number of nitrogens with one attached hydrogen (secondary N) is 1. The molecular formula is C17H35N5O2. The van der Waals surface area contributed by atoms with Gasteiger partial charge in [0.1, 0.15) is 5.60 Å². The molecule has 1 saturated heterocycles. The van der Waals surface area contributed by atoms with Crippen LogP contribution in [0.25, 0.3) is 0 Å². The first kappa shape index (κ1) is 20.5. The number of guanidine groups is 1. The van der Waals surface area contributed by atoms with Crippen LogP contribution in [0.15, 0.2) is 4.99 Å². The number of amides is 1. The molecule has 1 fully saturated rings. The molecule has 1 aliphatic heterocycles. The molecule has 0 radical (unpaired) electrons. The first-order valence-corrected chi connectivity index (χ1v) is 9.06. The third-order valence-electron chi connectivity index (χ3n) is 3.78. The van der Waals surface area contributed by atoms with Crippen LogP contribution in [0.1, 0.15) is 47.0 Å². The number of rotatable bonds is 7. The van der Waals surface area contributed by atoms with E-state index in [-0.39, 0.29) is 6.09 Å². The van der Waals surface area contributed by atoms with E-state index in [1.165, 1.54) is 0 Å². The van der Waals surface area contributed by atoms with Gasteiger partial charge in [0.15, 0.2) is 5.96 Å². The van der Waals surface area contributed by atoms with E-state index >= 15 is 0 Å². The summed E-state index contributed by atoms with van der Waals surface area (Å²) in [6.45, 7) is 13.6. The molecule has 0 spiro atoms. The fraction of sp³-hybridized carbons (Fsp3) is 0.882. The molecule has 0 aliphatic carbocycles. The summed E-state index contributed by atoms with van der Waals surface area (Å²) >= 11 is 0. The predicted molar refractivity (Wildman–Crippen MR) is 98.3 cm³/mol. The highest BCUT2D eigenvalue weighted by Crippen LogP contribution is 2.11. The van der Waals surface area contributed by atoms with Crippen molar-refractivity contribution in [2.24, 2.45) is 10.7 Å². The standard InChI is InChI=1S/C17H35N5O2/c1-5-6-8-19-15(18)20-9-7-10-21-11-13-22(14-12-21)16(23)24-17(2,3)4/h5-14H2,1-4H3,(H3,18,19,20). The molecule has 0 atom stereocenters. The lowest BCUT2D eigenvalue weighted by Crippen LogP contribution is -2.50. The summed E-state index contributed by atoms with van der Waals surface area (Å²) in [5, 5.41) is 3.11. The number of piperazine rings is 1. The number of hydrogen-bond acceptors (Lipinski definition) is 4. The zero-order valence-corrected chi connectivity index (χ0v) is 15.8. The van der Waals surface area contributed by atoms with E-state index in [0.717, 1.165) is 65.1 Å². The number of carbonyl (C=O) groups excluding carboxylic acids is 1. The van der Waals surface area contributed by atoms with Crippen molar-refractivity contribution >= 4 is 12.1 Å². The number of hydrogen-bond donors (Lipinski definition) is 2. The van der Waals surface area contributed by atoms with E-state index in [1.807, 2.05) is 20.8 Å². The Labute approximate surface area is 146 Å². The second-order valence-electron chi connectivity index (χ2n) is 7.21. The Bertz CT molecular complexity index is 398. The Morgan fingerprint density at radius 2 is 1.88 bits per heavy atom. The molecule has 0 aromatic rings. The molecule has 0 aromatic carbocycles. The van der Waals surface area contributed by atoms with Crippen molar-refractivity contribution in [1.29, 1.82) is 0 Å². The Hall–Kier alpha value is -1.50. The molecular weight excluding hydrogens is 306 g/mol. The second-order valence-corrected chi connectivity index (χ2v) is 7.21. The zero-order chi connectivity index (χ0) is 18.0. The van der Waals surface area contributed by atoms with Crippen LogP contribution in [-0.4, -0.2) is 73.3 Å². The lowest BCUT2D eigenvalue weighted by Gasteiger charge is -2.35. The number of nitrogens with zero attached hydrogens (tertiary/aromatic N) is 3. The molecule has 1 heterocycles. The predicted octanol–water partition coefficient (Wildman–Crippen LogP) is 1.63. The molecule has 24 heavy (non-hydrogen) atoms. The van der Waals surface area contributed by atoms with Crippen molar-refractivity contribution in [2.75, 3.05) is 45.8 Å². The number of unbranched alkanes of at least 4 members (excludes halogenated alkanes) is 1. The van der Waals surface area contributed by atoms with E-state index in [2.05, 4.69) is 22.1 Å². The van der Waals surface area contributed by atoms with Crippen molar-refractivity contribution in [3.63, 3.8) is 0 Å². The maximum Gasteiger partial charge on any atom is 0.410 e. The summed E-state index contributed by atoms with van der Waals surface area (Å²) in [5.74, 6) is 0.540. The van der Waals surface area contributed by atoms with E-state index in [1.54, 1.807) is 4.90 Å². The zero-order valence-electron chi connectivity index (χ0n) is 15.8. The molecule has 140 valence electrons. The third kappa shape index (κ3) is 8.96. The Kier molecular flexibility index (Phi) is 8.89. The summed E-state index contributed by atoms with van der Waals surface area (Å²) in [6.07, 6.45) is 3.02. The van der Waals surface area contributed by atoms with E-state index < -0.39 is 5.60 Å². The topological polar surface area (TPSA) is 83.2 Å². The third-order valence-corrected chi connectivity index (χ3v) is 3.78. The Morgan fingerprint density at radius 1 is 1.21 bits per heavy atom. The van der Waals surface area contributed by atoms with Crippen LogP contribution < -0.4 is 11.1 Å². The summed E-state index contributed by atoms with van der Waals surface area (Å²) in [5.41, 5.74) is 5.37. The van der Waals surface area contributed by atoms with Crippen molar-refractivity contribution in [3.05, 3.63) is 0 Å². The molecule has 1 amide bonds. The average Bonchev–Trinajstić information content (AvgIpc) is 2.51. The van der Waals surface area contributed by atoms with Gasteiger partial charge in [-0.2, -0.15) is 0 Å². The van der Waals surface area contributed by atoms with Gasteiger partial charge < -0.3 is 20.7 Å². The number of carbonyl (C=O) groups is 1. The van der Waals surface area contributed by atoms with Crippen molar-refractivity contribution in [1.82, 2.24) is 15.1 Å². The van der Waals surface area contributed by atoms with Gasteiger partial charge in [0.25, 0.3) is 0 Å². The molecule has 0 saturated carbocycles. The first-order chi connectivity index (χ1) is 11.3. The molecule has 7 nitrogen and oxygen atoms in total. The SMILES string of the molecule is CCCCNC(N)=NCCCN1CCN(C(=O)OC(C)(C)C)CC1. The fourth-order valence-electron chi connectivity index (χ4n) is 2.42. The summed E-state index contributed by atoms with van der Waals surface area (Å²) in [6, 6.07) is 0. The van der Waals surface area contributed by atoms with Gasteiger partial charge in [0.2, 0.25) is 0 Å². The summed E-state index contributed by atoms with van der Waals surface area (Å²) in [4.78, 5) is 20.5. The fourth-order valence-corrected chi connectivity index (χ4v) is 2.42. The molecule has 1 rings (SSSR count). The van der Waals surface area contributed by atoms with Crippen LogP contribution in [0, 0.1) is 0 Å². The Balaban J connectivity index is 2.16. The molecule has 0 aromatic heterocycles. The van der Waals surface area contributed by atoms with Crippen LogP contribution in [0.5, 0.6) is 0 Å². The largest absolute Gasteiger partial charge is 0.444 e. The van der Waals surface area contributed by atoms with E-state index in [4.69, 9.17) is 10.5 Å². The molecule has 1 aliphatic rings. The highest BCUT2D eigenvalue weighted by Gasteiger charge is 2.25. The molecule has 7 heteroatoms. The van der Waals surface area contributed by atoms with Crippen LogP contribution in [0.4, 0.5) is 4.79 Å². The van der Waals surface area contributed by atoms with Crippen LogP contribution in [0.2, 0.25) is 0 Å². The van der Waals surface area contributed by atoms with Crippen LogP contribution >= 0.6 is 0 Å². The number of nitrogens with two attached hydrogens (primary N) is 1. The van der Waals surface area contributed by atoms with E-state index in [9.17, 15) is 4.79 Å². The van der Waals surface area contributed by atoms with Gasteiger partial charge in [0.05, 0.1) is 0 Å². The van der Waals surface area contributed by atoms with Gasteiger partial charge in [-0.05, 0) is 33.6 Å². The van der Waals surface area contributed by atoms with Crippen molar-refractivity contribution in [3.8, 4) is 0 Å². The minimum absolute atomic E-state index is 0.210. The summed E-state index contributed by atoms with van der Waals surface area (Å²) < 4.78 is 5.41. The van der Waals surface area contributed by atoms with Gasteiger partial charge in [-0.1, -0.05) is 13.3 Å². The average molecular weight is 342 g/mol. The Morgan fingerprint density at radius 3 is 2.46 bits per heavy atom. The minimum atomic E-state index is -0.433. The molecule has 0 unspecified atom stereocenters. The quantitative estimate of drug-likeness (QED) is 0.418. The molecule has 3 N–H and O–H groups in total. The first-order valence-electron chi connectivity index (χ1n) is 9.06. The summed E-state index contributed by atoms with van der Waals surface area (Å²) in [7, 11) is 0. The van der Waals surface area contributed by atoms with Gasteiger partial charge in [-0.25, -0.2) is 4.79 Å². The van der Waals surface area contributed by atoms with Crippen LogP contribution in [-0.2, 0) is 4.74 Å². The maximum absolute atomic E-state index is 12.0. The smallest absolute Gasteiger partial charge is 0.410 e.